The third-order valence-corrected chi connectivity index (χ3v) is 6.18. The van der Waals surface area contributed by atoms with E-state index in [4.69, 9.17) is 9.15 Å². The Morgan fingerprint density at radius 3 is 2.62 bits per heavy atom. The number of nitrogens with one attached hydrogen (secondary N) is 1. The summed E-state index contributed by atoms with van der Waals surface area (Å²) in [5.41, 5.74) is 3.09. The van der Waals surface area contributed by atoms with Crippen molar-refractivity contribution in [2.75, 3.05) is 26.3 Å². The lowest BCUT2D eigenvalue weighted by Gasteiger charge is -2.27. The Kier molecular flexibility index (Phi) is 6.08. The number of nitrogens with zero attached hydrogens (tertiary/aromatic N) is 2. The fourth-order valence-corrected chi connectivity index (χ4v) is 4.35. The van der Waals surface area contributed by atoms with E-state index in [0.29, 0.717) is 17.2 Å². The number of ether oxygens (including phenoxy) is 1. The Morgan fingerprint density at radius 1 is 1.14 bits per heavy atom. The second-order valence-electron chi connectivity index (χ2n) is 7.18. The van der Waals surface area contributed by atoms with Crippen molar-refractivity contribution in [1.29, 1.82) is 0 Å². The quantitative estimate of drug-likeness (QED) is 0.669. The minimum Gasteiger partial charge on any atom is -0.459 e. The molecule has 0 bridgehead atoms. The smallest absolute Gasteiger partial charge is 0.263 e. The van der Waals surface area contributed by atoms with Crippen molar-refractivity contribution < 1.29 is 13.9 Å². The molecule has 0 atom stereocenters. The van der Waals surface area contributed by atoms with Gasteiger partial charge in [-0.15, -0.1) is 11.3 Å². The number of aryl methyl sites for hydroxylation is 2. The van der Waals surface area contributed by atoms with Crippen LogP contribution in [0.3, 0.4) is 0 Å². The zero-order valence-corrected chi connectivity index (χ0v) is 17.6. The van der Waals surface area contributed by atoms with Gasteiger partial charge < -0.3 is 14.5 Å². The van der Waals surface area contributed by atoms with Crippen LogP contribution in [0.15, 0.2) is 40.8 Å². The Hall–Kier alpha value is -2.48. The van der Waals surface area contributed by atoms with Crippen molar-refractivity contribution in [3.8, 4) is 10.8 Å². The maximum atomic E-state index is 12.8. The highest BCUT2D eigenvalue weighted by Gasteiger charge is 2.18. The molecule has 3 heterocycles. The number of morpholine rings is 1. The summed E-state index contributed by atoms with van der Waals surface area (Å²) in [5, 5.41) is 3.79. The number of rotatable bonds is 6. The summed E-state index contributed by atoms with van der Waals surface area (Å²) in [4.78, 5) is 20.3. The molecule has 0 spiro atoms. The van der Waals surface area contributed by atoms with Crippen molar-refractivity contribution in [3.05, 3.63) is 63.9 Å². The number of thiazole rings is 1. The molecule has 1 fully saturated rings. The van der Waals surface area contributed by atoms with Crippen molar-refractivity contribution in [2.24, 2.45) is 0 Å². The number of hydrogen-bond acceptors (Lipinski definition) is 6. The van der Waals surface area contributed by atoms with Gasteiger partial charge in [0.1, 0.15) is 10.6 Å². The molecule has 1 N–H and O–H groups in total. The molecule has 0 saturated carbocycles. The van der Waals surface area contributed by atoms with Crippen LogP contribution >= 0.6 is 11.3 Å². The highest BCUT2D eigenvalue weighted by molar-refractivity contribution is 7.17. The van der Waals surface area contributed by atoms with E-state index in [1.807, 2.05) is 38.1 Å². The fourth-order valence-electron chi connectivity index (χ4n) is 3.40. The standard InChI is InChI=1S/C22H25N3O3S/c1-15-7-8-19(28-15)22-24-16(2)20(29-22)21(26)23-13-17-5-3-4-6-18(17)14-25-9-11-27-12-10-25/h3-8H,9-14H2,1-2H3,(H,23,26). The first kappa shape index (κ1) is 19.8. The van der Waals surface area contributed by atoms with Crippen LogP contribution < -0.4 is 5.32 Å². The maximum absolute atomic E-state index is 12.8. The molecule has 2 aromatic heterocycles. The molecule has 1 amide bonds. The lowest BCUT2D eigenvalue weighted by Crippen LogP contribution is -2.36. The van der Waals surface area contributed by atoms with E-state index in [1.54, 1.807) is 0 Å². The van der Waals surface area contributed by atoms with Crippen LogP contribution in [0.4, 0.5) is 0 Å². The van der Waals surface area contributed by atoms with Gasteiger partial charge in [-0.05, 0) is 37.1 Å². The third kappa shape index (κ3) is 4.75. The highest BCUT2D eigenvalue weighted by Crippen LogP contribution is 2.29. The summed E-state index contributed by atoms with van der Waals surface area (Å²) in [6, 6.07) is 12.1. The van der Waals surface area contributed by atoms with Crippen molar-refractivity contribution in [1.82, 2.24) is 15.2 Å². The van der Waals surface area contributed by atoms with Crippen LogP contribution in [0, 0.1) is 13.8 Å². The Morgan fingerprint density at radius 2 is 1.90 bits per heavy atom. The molecule has 29 heavy (non-hydrogen) atoms. The molecule has 7 heteroatoms. The van der Waals surface area contributed by atoms with E-state index in [-0.39, 0.29) is 5.91 Å². The molecule has 6 nitrogen and oxygen atoms in total. The van der Waals surface area contributed by atoms with E-state index >= 15 is 0 Å². The van der Waals surface area contributed by atoms with Gasteiger partial charge in [-0.2, -0.15) is 0 Å². The Balaban J connectivity index is 1.43. The van der Waals surface area contributed by atoms with Crippen molar-refractivity contribution in [2.45, 2.75) is 26.9 Å². The highest BCUT2D eigenvalue weighted by atomic mass is 32.1. The Labute approximate surface area is 174 Å². The van der Waals surface area contributed by atoms with Gasteiger partial charge in [0.25, 0.3) is 5.91 Å². The van der Waals surface area contributed by atoms with Gasteiger partial charge in [0, 0.05) is 26.2 Å². The molecule has 152 valence electrons. The van der Waals surface area contributed by atoms with Gasteiger partial charge in [-0.1, -0.05) is 24.3 Å². The van der Waals surface area contributed by atoms with Crippen LogP contribution in [0.25, 0.3) is 10.8 Å². The van der Waals surface area contributed by atoms with Crippen LogP contribution in [-0.2, 0) is 17.8 Å². The third-order valence-electron chi connectivity index (χ3n) is 5.01. The number of aromatic nitrogens is 1. The summed E-state index contributed by atoms with van der Waals surface area (Å²) in [6.07, 6.45) is 0. The van der Waals surface area contributed by atoms with E-state index in [2.05, 4.69) is 27.3 Å². The lowest BCUT2D eigenvalue weighted by atomic mass is 10.1. The molecular weight excluding hydrogens is 386 g/mol. The molecule has 0 unspecified atom stereocenters. The number of carbonyl (C=O) groups excluding carboxylic acids is 1. The second-order valence-corrected chi connectivity index (χ2v) is 8.18. The second kappa shape index (κ2) is 8.90. The topological polar surface area (TPSA) is 67.6 Å². The molecule has 1 saturated heterocycles. The number of amides is 1. The van der Waals surface area contributed by atoms with E-state index < -0.39 is 0 Å². The minimum atomic E-state index is -0.101. The summed E-state index contributed by atoms with van der Waals surface area (Å²) in [5.74, 6) is 1.43. The van der Waals surface area contributed by atoms with E-state index in [1.165, 1.54) is 16.9 Å². The molecule has 0 aliphatic carbocycles. The van der Waals surface area contributed by atoms with E-state index in [0.717, 1.165) is 54.9 Å². The maximum Gasteiger partial charge on any atom is 0.263 e. The first-order valence-electron chi connectivity index (χ1n) is 9.79. The SMILES string of the molecule is Cc1ccc(-c2nc(C)c(C(=O)NCc3ccccc3CN3CCOCC3)s2)o1. The first-order valence-corrected chi connectivity index (χ1v) is 10.6. The molecule has 1 aromatic carbocycles. The van der Waals surface area contributed by atoms with Gasteiger partial charge in [-0.25, -0.2) is 4.98 Å². The molecule has 4 rings (SSSR count). The average Bonchev–Trinajstić information content (AvgIpc) is 3.33. The van der Waals surface area contributed by atoms with Gasteiger partial charge >= 0.3 is 0 Å². The van der Waals surface area contributed by atoms with Crippen molar-refractivity contribution >= 4 is 17.2 Å². The van der Waals surface area contributed by atoms with E-state index in [9.17, 15) is 4.79 Å². The van der Waals surface area contributed by atoms with Gasteiger partial charge in [0.05, 0.1) is 18.9 Å². The summed E-state index contributed by atoms with van der Waals surface area (Å²) in [7, 11) is 0. The zero-order chi connectivity index (χ0) is 20.2. The average molecular weight is 412 g/mol. The molecule has 1 aliphatic rings. The van der Waals surface area contributed by atoms with Gasteiger partial charge in [-0.3, -0.25) is 9.69 Å². The molecule has 3 aromatic rings. The largest absolute Gasteiger partial charge is 0.459 e. The van der Waals surface area contributed by atoms with Gasteiger partial charge in [0.2, 0.25) is 0 Å². The normalized spacial score (nSPS) is 14.8. The fraction of sp³-hybridized carbons (Fsp3) is 0.364. The number of furan rings is 1. The van der Waals surface area contributed by atoms with Crippen LogP contribution in [0.1, 0.15) is 32.3 Å². The summed E-state index contributed by atoms with van der Waals surface area (Å²) < 4.78 is 11.1. The van der Waals surface area contributed by atoms with Crippen molar-refractivity contribution in [3.63, 3.8) is 0 Å². The van der Waals surface area contributed by atoms with Gasteiger partial charge in [0.15, 0.2) is 10.8 Å². The van der Waals surface area contributed by atoms with Crippen LogP contribution in [0.5, 0.6) is 0 Å². The lowest BCUT2D eigenvalue weighted by molar-refractivity contribution is 0.0340. The minimum absolute atomic E-state index is 0.101. The number of benzene rings is 1. The Bertz CT molecular complexity index is 989. The predicted molar refractivity (Wildman–Crippen MR) is 113 cm³/mol. The molecule has 1 aliphatic heterocycles. The molecule has 0 radical (unpaired) electrons. The zero-order valence-electron chi connectivity index (χ0n) is 16.7. The molecular formula is C22H25N3O3S. The number of carbonyl (C=O) groups is 1. The summed E-state index contributed by atoms with van der Waals surface area (Å²) in [6.45, 7) is 8.56. The first-order chi connectivity index (χ1) is 14.1. The van der Waals surface area contributed by atoms with Crippen LogP contribution in [0.2, 0.25) is 0 Å². The summed E-state index contributed by atoms with van der Waals surface area (Å²) >= 11 is 1.36. The predicted octanol–water partition coefficient (Wildman–Crippen LogP) is 3.78. The van der Waals surface area contributed by atoms with Crippen LogP contribution in [-0.4, -0.2) is 42.1 Å². The monoisotopic (exact) mass is 411 g/mol. The number of hydrogen-bond donors (Lipinski definition) is 1.